The van der Waals surface area contributed by atoms with E-state index in [1.165, 1.54) is 0 Å². The largest absolute Gasteiger partial charge is 0.445 e. The maximum Gasteiger partial charge on any atom is 0.408 e. The third-order valence-electron chi connectivity index (χ3n) is 7.45. The van der Waals surface area contributed by atoms with E-state index < -0.39 is 11.6 Å². The molecule has 9 heteroatoms. The summed E-state index contributed by atoms with van der Waals surface area (Å²) in [7, 11) is 0. The van der Waals surface area contributed by atoms with Crippen molar-refractivity contribution in [2.75, 3.05) is 39.4 Å². The Kier molecular flexibility index (Phi) is 5.66. The van der Waals surface area contributed by atoms with Gasteiger partial charge in [0.15, 0.2) is 0 Å². The van der Waals surface area contributed by atoms with E-state index in [0.29, 0.717) is 32.7 Å². The monoisotopic (exact) mass is 475 g/mol. The van der Waals surface area contributed by atoms with Crippen LogP contribution in [0.2, 0.25) is 0 Å². The van der Waals surface area contributed by atoms with Gasteiger partial charge in [0.2, 0.25) is 5.91 Å². The molecule has 2 amide bonds. The topological polar surface area (TPSA) is 99.8 Å². The molecule has 182 valence electrons. The standard InChI is InChI=1S/C26H29N5O4/c32-24-26(28-25(33)35-17-18-4-2-1-3-5-18)14-22(26)19-6-7-23-20(15-27-29-23)21(19)16-31(24)9-8-30-10-12-34-13-11-30/h1-7,15,22H,8-14,16-17H2,(H,27,29)(H,28,33)/t22-,26+/m1/s1. The second-order valence-electron chi connectivity index (χ2n) is 9.56. The zero-order valence-corrected chi connectivity index (χ0v) is 19.5. The molecule has 0 unspecified atom stereocenters. The molecule has 2 aliphatic heterocycles. The average molecular weight is 476 g/mol. The molecule has 3 aliphatic rings. The zero-order chi connectivity index (χ0) is 23.8. The second kappa shape index (κ2) is 8.98. The summed E-state index contributed by atoms with van der Waals surface area (Å²) in [5, 5.41) is 11.3. The number of ether oxygens (including phenoxy) is 2. The molecule has 0 radical (unpaired) electrons. The van der Waals surface area contributed by atoms with Crippen LogP contribution < -0.4 is 5.32 Å². The number of alkyl carbamates (subject to hydrolysis) is 1. The highest BCUT2D eigenvalue weighted by molar-refractivity contribution is 5.97. The van der Waals surface area contributed by atoms with Crippen LogP contribution in [0.1, 0.15) is 29.0 Å². The smallest absolute Gasteiger partial charge is 0.408 e. The van der Waals surface area contributed by atoms with Gasteiger partial charge in [-0.25, -0.2) is 4.79 Å². The van der Waals surface area contributed by atoms with Crippen molar-refractivity contribution < 1.29 is 19.1 Å². The van der Waals surface area contributed by atoms with E-state index in [1.807, 2.05) is 47.5 Å². The predicted molar refractivity (Wildman–Crippen MR) is 129 cm³/mol. The number of rotatable bonds is 6. The van der Waals surface area contributed by atoms with E-state index in [2.05, 4.69) is 26.5 Å². The molecule has 6 rings (SSSR count). The SMILES string of the molecule is O=C(N[C@@]12C[C@@H]1c1ccc3[nH]ncc3c1CN(CCN1CCOCC1)C2=O)OCc1ccccc1. The van der Waals surface area contributed by atoms with Crippen molar-refractivity contribution in [1.82, 2.24) is 25.3 Å². The fourth-order valence-electron chi connectivity index (χ4n) is 5.42. The summed E-state index contributed by atoms with van der Waals surface area (Å²) in [5.74, 6) is -0.123. The van der Waals surface area contributed by atoms with E-state index in [9.17, 15) is 9.59 Å². The number of carbonyl (C=O) groups is 2. The minimum absolute atomic E-state index is 0.0414. The number of aromatic nitrogens is 2. The van der Waals surface area contributed by atoms with Gasteiger partial charge < -0.3 is 19.7 Å². The number of amides is 2. The van der Waals surface area contributed by atoms with Gasteiger partial charge in [0, 0.05) is 44.0 Å². The molecule has 1 saturated heterocycles. The highest BCUT2D eigenvalue weighted by atomic mass is 16.5. The minimum Gasteiger partial charge on any atom is -0.445 e. The van der Waals surface area contributed by atoms with Gasteiger partial charge in [0.05, 0.1) is 24.9 Å². The number of nitrogens with one attached hydrogen (secondary N) is 2. The fourth-order valence-corrected chi connectivity index (χ4v) is 5.42. The van der Waals surface area contributed by atoms with Crippen LogP contribution in [0.5, 0.6) is 0 Å². The molecule has 3 aromatic rings. The zero-order valence-electron chi connectivity index (χ0n) is 19.5. The molecular weight excluding hydrogens is 446 g/mol. The van der Waals surface area contributed by atoms with Crippen LogP contribution in [0.4, 0.5) is 4.79 Å². The molecule has 9 nitrogen and oxygen atoms in total. The van der Waals surface area contributed by atoms with Gasteiger partial charge >= 0.3 is 6.09 Å². The van der Waals surface area contributed by atoms with Crippen molar-refractivity contribution in [2.24, 2.45) is 0 Å². The first-order valence-corrected chi connectivity index (χ1v) is 12.2. The minimum atomic E-state index is -0.971. The summed E-state index contributed by atoms with van der Waals surface area (Å²) >= 11 is 0. The highest BCUT2D eigenvalue weighted by Gasteiger charge is 2.65. The lowest BCUT2D eigenvalue weighted by molar-refractivity contribution is -0.135. The number of aromatic amines is 1. The first-order valence-electron chi connectivity index (χ1n) is 12.2. The molecule has 3 heterocycles. The molecule has 1 aliphatic carbocycles. The van der Waals surface area contributed by atoms with E-state index in [-0.39, 0.29) is 18.4 Å². The Balaban J connectivity index is 1.25. The van der Waals surface area contributed by atoms with E-state index in [4.69, 9.17) is 9.47 Å². The number of benzene rings is 2. The summed E-state index contributed by atoms with van der Waals surface area (Å²) in [6.07, 6.45) is 1.83. The lowest BCUT2D eigenvalue weighted by atomic mass is 9.98. The number of fused-ring (bicyclic) bond motifs is 5. The third-order valence-corrected chi connectivity index (χ3v) is 7.45. The molecule has 2 fully saturated rings. The molecule has 1 aromatic heterocycles. The van der Waals surface area contributed by atoms with Crippen molar-refractivity contribution >= 4 is 22.9 Å². The Morgan fingerprint density at radius 1 is 1.17 bits per heavy atom. The van der Waals surface area contributed by atoms with Crippen molar-refractivity contribution in [1.29, 1.82) is 0 Å². The molecule has 0 spiro atoms. The molecule has 35 heavy (non-hydrogen) atoms. The number of morpholine rings is 1. The first kappa shape index (κ1) is 22.1. The fraction of sp³-hybridized carbons (Fsp3) is 0.423. The van der Waals surface area contributed by atoms with Crippen LogP contribution in [0, 0.1) is 0 Å². The van der Waals surface area contributed by atoms with Gasteiger partial charge in [-0.1, -0.05) is 36.4 Å². The van der Waals surface area contributed by atoms with Gasteiger partial charge in [-0.3, -0.25) is 14.8 Å². The van der Waals surface area contributed by atoms with Crippen LogP contribution >= 0.6 is 0 Å². The third kappa shape index (κ3) is 4.15. The number of carbonyl (C=O) groups excluding carboxylic acids is 2. The lowest BCUT2D eigenvalue weighted by Gasteiger charge is -2.31. The summed E-state index contributed by atoms with van der Waals surface area (Å²) in [6, 6.07) is 13.6. The van der Waals surface area contributed by atoms with Crippen molar-refractivity contribution in [2.45, 2.75) is 31.0 Å². The van der Waals surface area contributed by atoms with Crippen molar-refractivity contribution in [3.05, 3.63) is 65.4 Å². The first-order chi connectivity index (χ1) is 17.1. The Morgan fingerprint density at radius 3 is 2.83 bits per heavy atom. The lowest BCUT2D eigenvalue weighted by Crippen LogP contribution is -2.52. The van der Waals surface area contributed by atoms with Crippen LogP contribution in [0.3, 0.4) is 0 Å². The quantitative estimate of drug-likeness (QED) is 0.568. The van der Waals surface area contributed by atoms with Crippen LogP contribution in [-0.2, 0) is 27.4 Å². The molecule has 0 bridgehead atoms. The number of H-pyrrole nitrogens is 1. The summed E-state index contributed by atoms with van der Waals surface area (Å²) in [5.41, 5.74) is 3.09. The summed E-state index contributed by atoms with van der Waals surface area (Å²) in [6.45, 7) is 5.17. The molecule has 2 N–H and O–H groups in total. The molecular formula is C26H29N5O4. The van der Waals surface area contributed by atoms with Crippen molar-refractivity contribution in [3.63, 3.8) is 0 Å². The van der Waals surface area contributed by atoms with Gasteiger partial charge in [-0.2, -0.15) is 5.10 Å². The van der Waals surface area contributed by atoms with Crippen LogP contribution in [0.25, 0.3) is 10.9 Å². The van der Waals surface area contributed by atoms with Gasteiger partial charge in [0.1, 0.15) is 12.1 Å². The molecule has 2 aromatic carbocycles. The summed E-state index contributed by atoms with van der Waals surface area (Å²) in [4.78, 5) is 31.0. The maximum atomic E-state index is 13.9. The Hall–Kier alpha value is -3.43. The number of hydrogen-bond acceptors (Lipinski definition) is 6. The number of nitrogens with zero attached hydrogens (tertiary/aromatic N) is 3. The summed E-state index contributed by atoms with van der Waals surface area (Å²) < 4.78 is 11.0. The van der Waals surface area contributed by atoms with Gasteiger partial charge in [-0.05, 0) is 29.2 Å². The molecule has 1 saturated carbocycles. The van der Waals surface area contributed by atoms with Gasteiger partial charge in [0.25, 0.3) is 0 Å². The number of hydrogen-bond donors (Lipinski definition) is 2. The Morgan fingerprint density at radius 2 is 2.00 bits per heavy atom. The van der Waals surface area contributed by atoms with Crippen molar-refractivity contribution in [3.8, 4) is 0 Å². The van der Waals surface area contributed by atoms with E-state index in [1.54, 1.807) is 0 Å². The van der Waals surface area contributed by atoms with E-state index >= 15 is 0 Å². The maximum absolute atomic E-state index is 13.9. The normalized spacial score (nSPS) is 23.9. The highest BCUT2D eigenvalue weighted by Crippen LogP contribution is 2.56. The Labute approximate surface area is 203 Å². The van der Waals surface area contributed by atoms with Crippen LogP contribution in [0.15, 0.2) is 48.7 Å². The molecule has 2 atom stereocenters. The van der Waals surface area contributed by atoms with Gasteiger partial charge in [-0.15, -0.1) is 0 Å². The predicted octanol–water partition coefficient (Wildman–Crippen LogP) is 2.39. The van der Waals surface area contributed by atoms with Crippen LogP contribution in [-0.4, -0.2) is 76.9 Å². The Bertz CT molecular complexity index is 1240. The van der Waals surface area contributed by atoms with E-state index in [0.717, 1.165) is 47.2 Å². The second-order valence-corrected chi connectivity index (χ2v) is 9.56. The average Bonchev–Trinajstić information content (AvgIpc) is 3.42.